The van der Waals surface area contributed by atoms with Gasteiger partial charge in [-0.25, -0.2) is 9.78 Å². The minimum Gasteiger partial charge on any atom is -0.493 e. The van der Waals surface area contributed by atoms with Crippen LogP contribution in [0.25, 0.3) is 10.9 Å². The fourth-order valence-corrected chi connectivity index (χ4v) is 4.40. The number of methoxy groups -OCH3 is 2. The Kier molecular flexibility index (Phi) is 8.53. The minimum absolute atomic E-state index is 0.0433. The maximum absolute atomic E-state index is 13.2. The summed E-state index contributed by atoms with van der Waals surface area (Å²) in [5.41, 5.74) is 0.938. The lowest BCUT2D eigenvalue weighted by atomic mass is 10.2. The summed E-state index contributed by atoms with van der Waals surface area (Å²) in [6.45, 7) is 5.47. The van der Waals surface area contributed by atoms with E-state index in [9.17, 15) is 9.59 Å². The van der Waals surface area contributed by atoms with Crippen molar-refractivity contribution < 1.29 is 19.0 Å². The molecule has 3 rings (SSSR count). The Balaban J connectivity index is 2.12. The molecule has 0 unspecified atom stereocenters. The van der Waals surface area contributed by atoms with Crippen LogP contribution in [0, 0.1) is 0 Å². The number of hydrogen-bond donors (Lipinski definition) is 0. The van der Waals surface area contributed by atoms with Gasteiger partial charge in [-0.1, -0.05) is 29.8 Å². The monoisotopic (exact) mass is 657 g/mol. The van der Waals surface area contributed by atoms with Crippen LogP contribution in [0.2, 0.25) is 0 Å². The van der Waals surface area contributed by atoms with Crippen molar-refractivity contribution in [3.05, 3.63) is 59.4 Å². The van der Waals surface area contributed by atoms with Crippen LogP contribution in [0.4, 0.5) is 0 Å². The van der Waals surface area contributed by atoms with Crippen molar-refractivity contribution in [1.82, 2.24) is 9.66 Å². The van der Waals surface area contributed by atoms with Crippen molar-refractivity contribution >= 4 is 70.9 Å². The summed E-state index contributed by atoms with van der Waals surface area (Å²) in [5, 5.41) is 4.92. The van der Waals surface area contributed by atoms with Gasteiger partial charge in [0, 0.05) is 20.4 Å². The molecule has 8 nitrogen and oxygen atoms in total. The second-order valence-electron chi connectivity index (χ2n) is 7.56. The highest BCUT2D eigenvalue weighted by molar-refractivity contribution is 9.13. The Morgan fingerprint density at radius 1 is 1.12 bits per heavy atom. The third kappa shape index (κ3) is 5.36. The molecule has 1 atom stereocenters. The molecule has 11 heteroatoms. The summed E-state index contributed by atoms with van der Waals surface area (Å²) in [6, 6.07) is 7.05. The highest BCUT2D eigenvalue weighted by Gasteiger charge is 2.22. The molecule has 1 aromatic heterocycles. The largest absolute Gasteiger partial charge is 0.493 e. The quantitative estimate of drug-likeness (QED) is 0.241. The Hall–Kier alpha value is -2.24. The van der Waals surface area contributed by atoms with Gasteiger partial charge >= 0.3 is 5.97 Å². The van der Waals surface area contributed by atoms with E-state index in [1.165, 1.54) is 25.1 Å². The second-order valence-corrected chi connectivity index (χ2v) is 10.1. The maximum Gasteiger partial charge on any atom is 0.346 e. The standard InChI is InChI=1S/C23H22Br3N3O5/c1-11(2)21-28-16-7-6-14(24)9-15(16)22(30)29(21)27-10-13-8-17(32-4)20(19(26)18(13)25)34-12(3)23(31)33-5/h6-12H,1-5H3/t12-/m1/s1. The summed E-state index contributed by atoms with van der Waals surface area (Å²) >= 11 is 10.4. The molecule has 3 aromatic rings. The van der Waals surface area contributed by atoms with Crippen molar-refractivity contribution in [2.45, 2.75) is 32.8 Å². The third-order valence-electron chi connectivity index (χ3n) is 4.87. The van der Waals surface area contributed by atoms with Gasteiger partial charge in [-0.15, -0.1) is 0 Å². The fourth-order valence-electron chi connectivity index (χ4n) is 3.12. The molecule has 0 saturated carbocycles. The lowest BCUT2D eigenvalue weighted by Gasteiger charge is -2.18. The van der Waals surface area contributed by atoms with Crippen molar-refractivity contribution in [3.8, 4) is 11.5 Å². The van der Waals surface area contributed by atoms with E-state index in [0.29, 0.717) is 42.7 Å². The second kappa shape index (κ2) is 11.0. The van der Waals surface area contributed by atoms with E-state index in [4.69, 9.17) is 14.2 Å². The number of carbonyl (C=O) groups excluding carboxylic acids is 1. The lowest BCUT2D eigenvalue weighted by molar-refractivity contribution is -0.147. The number of fused-ring (bicyclic) bond motifs is 1. The molecular weight excluding hydrogens is 638 g/mol. The molecule has 0 bridgehead atoms. The Morgan fingerprint density at radius 2 is 1.82 bits per heavy atom. The van der Waals surface area contributed by atoms with E-state index in [-0.39, 0.29) is 11.5 Å². The van der Waals surface area contributed by atoms with Crippen LogP contribution in [0.15, 0.2) is 47.6 Å². The van der Waals surface area contributed by atoms with E-state index < -0.39 is 12.1 Å². The Morgan fingerprint density at radius 3 is 2.44 bits per heavy atom. The van der Waals surface area contributed by atoms with Gasteiger partial charge < -0.3 is 14.2 Å². The van der Waals surface area contributed by atoms with Gasteiger partial charge in [-0.3, -0.25) is 4.79 Å². The van der Waals surface area contributed by atoms with E-state index in [0.717, 1.165) is 4.47 Å². The molecule has 2 aromatic carbocycles. The minimum atomic E-state index is -0.850. The van der Waals surface area contributed by atoms with Crippen molar-refractivity contribution in [2.24, 2.45) is 5.10 Å². The third-order valence-corrected chi connectivity index (χ3v) is 7.50. The number of hydrogen-bond acceptors (Lipinski definition) is 7. The predicted octanol–water partition coefficient (Wildman–Crippen LogP) is 5.64. The Bertz CT molecular complexity index is 1340. The molecule has 34 heavy (non-hydrogen) atoms. The number of esters is 1. The van der Waals surface area contributed by atoms with Crippen molar-refractivity contribution in [3.63, 3.8) is 0 Å². The number of ether oxygens (including phenoxy) is 3. The topological polar surface area (TPSA) is 92.0 Å². The van der Waals surface area contributed by atoms with Crippen LogP contribution in [-0.2, 0) is 9.53 Å². The first kappa shape index (κ1) is 26.4. The maximum atomic E-state index is 13.2. The highest BCUT2D eigenvalue weighted by Crippen LogP contribution is 2.42. The molecule has 0 aliphatic heterocycles. The summed E-state index contributed by atoms with van der Waals surface area (Å²) < 4.78 is 19.1. The summed E-state index contributed by atoms with van der Waals surface area (Å²) in [6.07, 6.45) is 0.681. The van der Waals surface area contributed by atoms with Gasteiger partial charge in [0.05, 0.1) is 35.8 Å². The number of rotatable bonds is 7. The molecule has 0 aliphatic carbocycles. The average Bonchev–Trinajstić information content (AvgIpc) is 2.81. The highest BCUT2D eigenvalue weighted by atomic mass is 79.9. The predicted molar refractivity (Wildman–Crippen MR) is 141 cm³/mol. The first-order valence-corrected chi connectivity index (χ1v) is 12.5. The zero-order valence-corrected chi connectivity index (χ0v) is 23.8. The van der Waals surface area contributed by atoms with E-state index in [1.807, 2.05) is 19.9 Å². The van der Waals surface area contributed by atoms with Crippen LogP contribution in [0.1, 0.15) is 38.1 Å². The van der Waals surface area contributed by atoms with Crippen LogP contribution in [0.3, 0.4) is 0 Å². The van der Waals surface area contributed by atoms with Gasteiger partial charge in [0.1, 0.15) is 5.82 Å². The van der Waals surface area contributed by atoms with Gasteiger partial charge in [-0.2, -0.15) is 9.78 Å². The molecule has 0 radical (unpaired) electrons. The zero-order chi connectivity index (χ0) is 25.2. The van der Waals surface area contributed by atoms with Gasteiger partial charge in [0.25, 0.3) is 5.56 Å². The zero-order valence-electron chi connectivity index (χ0n) is 19.1. The van der Waals surface area contributed by atoms with E-state index in [1.54, 1.807) is 25.1 Å². The van der Waals surface area contributed by atoms with Gasteiger partial charge in [0.2, 0.25) is 0 Å². The molecule has 0 saturated heterocycles. The van der Waals surface area contributed by atoms with Gasteiger partial charge in [0.15, 0.2) is 17.6 Å². The first-order chi connectivity index (χ1) is 16.1. The number of carbonyl (C=O) groups is 1. The molecule has 0 aliphatic rings. The normalized spacial score (nSPS) is 12.4. The van der Waals surface area contributed by atoms with E-state index >= 15 is 0 Å². The number of halogens is 3. The molecular formula is C23H22Br3N3O5. The average molecular weight is 660 g/mol. The van der Waals surface area contributed by atoms with Crippen molar-refractivity contribution in [2.75, 3.05) is 14.2 Å². The summed E-state index contributed by atoms with van der Waals surface area (Å²) in [5.74, 6) is 0.654. The SMILES string of the molecule is COC(=O)[C@@H](C)Oc1c(OC)cc(C=Nn2c(C(C)C)nc3ccc(Br)cc3c2=O)c(Br)c1Br. The number of nitrogens with zero attached hydrogens (tertiary/aromatic N) is 3. The lowest BCUT2D eigenvalue weighted by Crippen LogP contribution is -2.25. The van der Waals surface area contributed by atoms with Crippen LogP contribution < -0.4 is 15.0 Å². The molecule has 180 valence electrons. The van der Waals surface area contributed by atoms with Crippen LogP contribution in [-0.4, -0.2) is 42.2 Å². The molecule has 0 spiro atoms. The number of aromatic nitrogens is 2. The van der Waals surface area contributed by atoms with Crippen molar-refractivity contribution in [1.29, 1.82) is 0 Å². The summed E-state index contributed by atoms with van der Waals surface area (Å²) in [7, 11) is 2.77. The molecule has 0 N–H and O–H groups in total. The van der Waals surface area contributed by atoms with Crippen LogP contribution >= 0.6 is 47.8 Å². The summed E-state index contributed by atoms with van der Waals surface area (Å²) in [4.78, 5) is 29.7. The smallest absolute Gasteiger partial charge is 0.346 e. The Labute approximate surface area is 221 Å². The van der Waals surface area contributed by atoms with Gasteiger partial charge in [-0.05, 0) is 63.0 Å². The van der Waals surface area contributed by atoms with Crippen LogP contribution in [0.5, 0.6) is 11.5 Å². The fraction of sp³-hybridized carbons (Fsp3) is 0.304. The molecule has 1 heterocycles. The van der Waals surface area contributed by atoms with E-state index in [2.05, 4.69) is 57.9 Å². The number of benzene rings is 2. The molecule has 0 fully saturated rings. The molecule has 0 amide bonds. The first-order valence-electron chi connectivity index (χ1n) is 10.2.